The molecule has 110 valence electrons. The van der Waals surface area contributed by atoms with Gasteiger partial charge in [-0.3, -0.25) is 0 Å². The molecule has 0 saturated carbocycles. The molecule has 2 aliphatic heterocycles. The number of thioether (sulfide) groups is 1. The Kier molecular flexibility index (Phi) is 4.46. The van der Waals surface area contributed by atoms with Gasteiger partial charge in [0.15, 0.2) is 0 Å². The van der Waals surface area contributed by atoms with Crippen LogP contribution in [0.25, 0.3) is 0 Å². The maximum absolute atomic E-state index is 6.08. The number of nitrogen functional groups attached to an aromatic ring is 1. The van der Waals surface area contributed by atoms with Crippen LogP contribution in [-0.4, -0.2) is 30.7 Å². The molecule has 3 nitrogen and oxygen atoms in total. The molecule has 0 radical (unpaired) electrons. The highest BCUT2D eigenvalue weighted by Crippen LogP contribution is 2.42. The van der Waals surface area contributed by atoms with Crippen molar-refractivity contribution in [1.29, 1.82) is 0 Å². The predicted octanol–water partition coefficient (Wildman–Crippen LogP) is 3.74. The zero-order chi connectivity index (χ0) is 14.0. The molecule has 1 unspecified atom stereocenters. The third-order valence-corrected chi connectivity index (χ3v) is 5.70. The van der Waals surface area contributed by atoms with Gasteiger partial charge in [0.05, 0.1) is 5.60 Å². The standard InChI is InChI=1S/C15H20ClNO2S/c16-11-1-2-13(17)14(9-11)20-12-3-6-19-15(10-12)4-7-18-8-5-15/h1-2,9,12H,3-8,10,17H2. The Morgan fingerprint density at radius 1 is 1.25 bits per heavy atom. The van der Waals surface area contributed by atoms with Crippen LogP contribution in [0.1, 0.15) is 25.7 Å². The predicted molar refractivity (Wildman–Crippen MR) is 83.5 cm³/mol. The van der Waals surface area contributed by atoms with Crippen molar-refractivity contribution in [2.75, 3.05) is 25.6 Å². The summed E-state index contributed by atoms with van der Waals surface area (Å²) in [5.41, 5.74) is 6.89. The van der Waals surface area contributed by atoms with Gasteiger partial charge in [0.1, 0.15) is 0 Å². The molecular weight excluding hydrogens is 294 g/mol. The van der Waals surface area contributed by atoms with Crippen LogP contribution in [0, 0.1) is 0 Å². The van der Waals surface area contributed by atoms with Crippen molar-refractivity contribution >= 4 is 29.1 Å². The first-order chi connectivity index (χ1) is 9.67. The van der Waals surface area contributed by atoms with Crippen LogP contribution >= 0.6 is 23.4 Å². The van der Waals surface area contributed by atoms with Crippen LogP contribution in [0.4, 0.5) is 5.69 Å². The molecule has 2 saturated heterocycles. The first-order valence-corrected chi connectivity index (χ1v) is 8.36. The molecule has 0 aromatic heterocycles. The van der Waals surface area contributed by atoms with Crippen molar-refractivity contribution in [3.05, 3.63) is 23.2 Å². The Morgan fingerprint density at radius 3 is 2.85 bits per heavy atom. The number of benzene rings is 1. The smallest absolute Gasteiger partial charge is 0.0737 e. The minimum Gasteiger partial charge on any atom is -0.398 e. The van der Waals surface area contributed by atoms with E-state index < -0.39 is 0 Å². The first-order valence-electron chi connectivity index (χ1n) is 7.10. The lowest BCUT2D eigenvalue weighted by molar-refractivity contribution is -0.131. The molecule has 2 aliphatic rings. The number of anilines is 1. The van der Waals surface area contributed by atoms with E-state index in [0.717, 1.165) is 61.1 Å². The van der Waals surface area contributed by atoms with Crippen LogP contribution in [-0.2, 0) is 9.47 Å². The summed E-state index contributed by atoms with van der Waals surface area (Å²) in [6.07, 6.45) is 4.16. The van der Waals surface area contributed by atoms with Crippen molar-refractivity contribution in [2.45, 2.75) is 41.4 Å². The zero-order valence-corrected chi connectivity index (χ0v) is 13.0. The van der Waals surface area contributed by atoms with Crippen molar-refractivity contribution in [3.63, 3.8) is 0 Å². The van der Waals surface area contributed by atoms with Gasteiger partial charge in [-0.15, -0.1) is 11.8 Å². The van der Waals surface area contributed by atoms with Gasteiger partial charge in [0, 0.05) is 40.7 Å². The summed E-state index contributed by atoms with van der Waals surface area (Å²) in [5, 5.41) is 1.29. The summed E-state index contributed by atoms with van der Waals surface area (Å²) < 4.78 is 11.5. The summed E-state index contributed by atoms with van der Waals surface area (Å²) in [6, 6.07) is 5.69. The molecule has 1 aromatic carbocycles. The fourth-order valence-corrected chi connectivity index (χ4v) is 4.56. The Hall–Kier alpha value is -0.420. The lowest BCUT2D eigenvalue weighted by Gasteiger charge is -2.43. The van der Waals surface area contributed by atoms with Crippen molar-refractivity contribution in [2.24, 2.45) is 0 Å². The van der Waals surface area contributed by atoms with E-state index in [2.05, 4.69) is 0 Å². The quantitative estimate of drug-likeness (QED) is 0.845. The molecule has 1 atom stereocenters. The van der Waals surface area contributed by atoms with Gasteiger partial charge in [-0.05, 0) is 43.9 Å². The number of hydrogen-bond donors (Lipinski definition) is 1. The number of ether oxygens (including phenoxy) is 2. The fraction of sp³-hybridized carbons (Fsp3) is 0.600. The third kappa shape index (κ3) is 3.25. The number of nitrogens with two attached hydrogens (primary N) is 1. The largest absolute Gasteiger partial charge is 0.398 e. The van der Waals surface area contributed by atoms with Crippen LogP contribution in [0.5, 0.6) is 0 Å². The highest BCUT2D eigenvalue weighted by molar-refractivity contribution is 8.00. The van der Waals surface area contributed by atoms with Crippen molar-refractivity contribution in [1.82, 2.24) is 0 Å². The maximum atomic E-state index is 6.08. The monoisotopic (exact) mass is 313 g/mol. The molecule has 2 heterocycles. The van der Waals surface area contributed by atoms with Crippen LogP contribution in [0.3, 0.4) is 0 Å². The minimum absolute atomic E-state index is 0.0293. The topological polar surface area (TPSA) is 44.5 Å². The Bertz CT molecular complexity index is 471. The number of rotatable bonds is 2. The molecule has 0 bridgehead atoms. The SMILES string of the molecule is Nc1ccc(Cl)cc1SC1CCOC2(CCOCC2)C1. The maximum Gasteiger partial charge on any atom is 0.0737 e. The highest BCUT2D eigenvalue weighted by atomic mass is 35.5. The van der Waals surface area contributed by atoms with Gasteiger partial charge in [-0.1, -0.05) is 11.6 Å². The second kappa shape index (κ2) is 6.14. The van der Waals surface area contributed by atoms with E-state index in [1.165, 1.54) is 0 Å². The minimum atomic E-state index is 0.0293. The molecule has 20 heavy (non-hydrogen) atoms. The summed E-state index contributed by atoms with van der Waals surface area (Å²) in [7, 11) is 0. The molecule has 5 heteroatoms. The normalized spacial score (nSPS) is 25.8. The van der Waals surface area contributed by atoms with Gasteiger partial charge in [0.25, 0.3) is 0 Å². The van der Waals surface area contributed by atoms with E-state index in [-0.39, 0.29) is 5.60 Å². The fourth-order valence-electron chi connectivity index (χ4n) is 2.97. The van der Waals surface area contributed by atoms with E-state index in [4.69, 9.17) is 26.8 Å². The van der Waals surface area contributed by atoms with Gasteiger partial charge >= 0.3 is 0 Å². The van der Waals surface area contributed by atoms with E-state index >= 15 is 0 Å². The van der Waals surface area contributed by atoms with Crippen molar-refractivity contribution < 1.29 is 9.47 Å². The van der Waals surface area contributed by atoms with E-state index in [0.29, 0.717) is 5.25 Å². The average molecular weight is 314 g/mol. The third-order valence-electron chi connectivity index (χ3n) is 4.12. The van der Waals surface area contributed by atoms with Gasteiger partial charge < -0.3 is 15.2 Å². The molecule has 0 aliphatic carbocycles. The highest BCUT2D eigenvalue weighted by Gasteiger charge is 2.39. The Labute approximate surface area is 129 Å². The first kappa shape index (κ1) is 14.5. The molecule has 0 amide bonds. The lowest BCUT2D eigenvalue weighted by atomic mass is 9.86. The summed E-state index contributed by atoms with van der Waals surface area (Å²) in [5.74, 6) is 0. The summed E-state index contributed by atoms with van der Waals surface area (Å²) in [6.45, 7) is 2.46. The van der Waals surface area contributed by atoms with Crippen LogP contribution in [0.2, 0.25) is 5.02 Å². The second-order valence-electron chi connectivity index (χ2n) is 5.56. The van der Waals surface area contributed by atoms with Gasteiger partial charge in [-0.2, -0.15) is 0 Å². The van der Waals surface area contributed by atoms with E-state index in [9.17, 15) is 0 Å². The van der Waals surface area contributed by atoms with Gasteiger partial charge in [-0.25, -0.2) is 0 Å². The molecule has 2 N–H and O–H groups in total. The number of halogens is 1. The Morgan fingerprint density at radius 2 is 2.05 bits per heavy atom. The Balaban J connectivity index is 1.69. The van der Waals surface area contributed by atoms with Crippen molar-refractivity contribution in [3.8, 4) is 0 Å². The van der Waals surface area contributed by atoms with Gasteiger partial charge in [0.2, 0.25) is 0 Å². The zero-order valence-electron chi connectivity index (χ0n) is 11.4. The molecular formula is C15H20ClNO2S. The molecule has 2 fully saturated rings. The lowest BCUT2D eigenvalue weighted by Crippen LogP contribution is -2.45. The van der Waals surface area contributed by atoms with E-state index in [1.54, 1.807) is 0 Å². The summed E-state index contributed by atoms with van der Waals surface area (Å²) in [4.78, 5) is 1.09. The number of hydrogen-bond acceptors (Lipinski definition) is 4. The second-order valence-corrected chi connectivity index (χ2v) is 7.34. The molecule has 1 aromatic rings. The molecule has 1 spiro atoms. The van der Waals surface area contributed by atoms with Crippen LogP contribution < -0.4 is 5.73 Å². The molecule has 3 rings (SSSR count). The summed E-state index contributed by atoms with van der Waals surface area (Å²) >= 11 is 7.91. The van der Waals surface area contributed by atoms with Crippen LogP contribution in [0.15, 0.2) is 23.1 Å². The average Bonchev–Trinajstić information content (AvgIpc) is 2.44. The van der Waals surface area contributed by atoms with E-state index in [1.807, 2.05) is 30.0 Å².